The van der Waals surface area contributed by atoms with E-state index in [2.05, 4.69) is 15.5 Å². The summed E-state index contributed by atoms with van der Waals surface area (Å²) in [4.78, 5) is 39.4. The van der Waals surface area contributed by atoms with Crippen molar-refractivity contribution >= 4 is 57.1 Å². The number of thioether (sulfide) groups is 1. The van der Waals surface area contributed by atoms with Crippen LogP contribution in [0, 0.1) is 10.1 Å². The van der Waals surface area contributed by atoms with Crippen LogP contribution in [0.1, 0.15) is 15.9 Å². The van der Waals surface area contributed by atoms with Gasteiger partial charge in [0.25, 0.3) is 11.6 Å². The molecule has 1 amide bonds. The highest BCUT2D eigenvalue weighted by molar-refractivity contribution is 8.01. The van der Waals surface area contributed by atoms with Crippen molar-refractivity contribution in [1.82, 2.24) is 10.4 Å². The molecule has 0 atom stereocenters. The molecule has 4 rings (SSSR count). The highest BCUT2D eigenvalue weighted by Crippen LogP contribution is 2.30. The molecule has 0 bridgehead atoms. The molecule has 0 aliphatic heterocycles. The summed E-state index contributed by atoms with van der Waals surface area (Å²) >= 11 is 2.85. The largest absolute Gasteiger partial charge is 0.493 e. The number of para-hydroxylation sites is 1. The molecule has 0 spiro atoms. The van der Waals surface area contributed by atoms with Crippen LogP contribution in [-0.4, -0.2) is 40.9 Å². The summed E-state index contributed by atoms with van der Waals surface area (Å²) in [6.45, 7) is 0. The van der Waals surface area contributed by atoms with Crippen molar-refractivity contribution in [3.8, 4) is 11.5 Å². The molecule has 36 heavy (non-hydrogen) atoms. The van der Waals surface area contributed by atoms with E-state index in [9.17, 15) is 19.7 Å². The minimum Gasteiger partial charge on any atom is -0.493 e. The number of hydrogen-bond acceptors (Lipinski definition) is 10. The number of thiazole rings is 1. The smallest absolute Gasteiger partial charge is 0.343 e. The Morgan fingerprint density at radius 3 is 2.75 bits per heavy atom. The number of nitrogens with zero attached hydrogens (tertiary/aromatic N) is 3. The van der Waals surface area contributed by atoms with Crippen molar-refractivity contribution in [3.05, 3.63) is 88.0 Å². The number of ether oxygens (including phenoxy) is 2. The van der Waals surface area contributed by atoms with Crippen LogP contribution >= 0.6 is 23.1 Å². The fourth-order valence-electron chi connectivity index (χ4n) is 3.01. The van der Waals surface area contributed by atoms with Crippen molar-refractivity contribution in [3.63, 3.8) is 0 Å². The molecule has 0 saturated carbocycles. The third-order valence-electron chi connectivity index (χ3n) is 4.69. The molecule has 1 N–H and O–H groups in total. The van der Waals surface area contributed by atoms with E-state index in [-0.39, 0.29) is 34.4 Å². The second-order valence-electron chi connectivity index (χ2n) is 7.14. The molecule has 1 aromatic heterocycles. The number of carbonyl (C=O) groups is 2. The Morgan fingerprint density at radius 2 is 1.97 bits per heavy atom. The van der Waals surface area contributed by atoms with E-state index in [0.717, 1.165) is 20.6 Å². The Bertz CT molecular complexity index is 1440. The second kappa shape index (κ2) is 11.4. The van der Waals surface area contributed by atoms with E-state index >= 15 is 0 Å². The van der Waals surface area contributed by atoms with Gasteiger partial charge in [0.2, 0.25) is 0 Å². The first-order valence-corrected chi connectivity index (χ1v) is 12.2. The van der Waals surface area contributed by atoms with Crippen LogP contribution in [0.2, 0.25) is 0 Å². The number of methoxy groups -OCH3 is 1. The van der Waals surface area contributed by atoms with Crippen molar-refractivity contribution < 1.29 is 24.0 Å². The maximum Gasteiger partial charge on any atom is 0.343 e. The number of rotatable bonds is 9. The standard InChI is InChI=1S/C24H18N4O6S2/c1-33-20-11-15(9-10-19(20)34-23(30)16-5-4-6-17(12-16)28(31)32)13-25-27-22(29)14-35-24-26-18-7-2-3-8-21(18)36-24/h2-13H,14H2,1H3,(H,27,29). The molecule has 182 valence electrons. The molecule has 3 aromatic carbocycles. The van der Waals surface area contributed by atoms with Gasteiger partial charge in [-0.25, -0.2) is 15.2 Å². The number of nitro groups is 1. The van der Waals surface area contributed by atoms with E-state index in [1.165, 1.54) is 60.7 Å². The molecule has 10 nitrogen and oxygen atoms in total. The van der Waals surface area contributed by atoms with Gasteiger partial charge in [-0.15, -0.1) is 11.3 Å². The predicted octanol–water partition coefficient (Wildman–Crippen LogP) is 4.67. The van der Waals surface area contributed by atoms with Gasteiger partial charge in [-0.05, 0) is 42.0 Å². The van der Waals surface area contributed by atoms with Crippen molar-refractivity contribution in [2.24, 2.45) is 5.10 Å². The molecule has 0 radical (unpaired) electrons. The number of hydrogen-bond donors (Lipinski definition) is 1. The quantitative estimate of drug-likeness (QED) is 0.0837. The first-order valence-electron chi connectivity index (χ1n) is 10.4. The van der Waals surface area contributed by atoms with Crippen LogP contribution < -0.4 is 14.9 Å². The van der Waals surface area contributed by atoms with Crippen molar-refractivity contribution in [2.75, 3.05) is 12.9 Å². The molecular weight excluding hydrogens is 504 g/mol. The maximum absolute atomic E-state index is 12.4. The fourth-order valence-corrected chi connectivity index (χ4v) is 4.87. The first-order chi connectivity index (χ1) is 17.4. The number of aromatic nitrogens is 1. The molecule has 0 fully saturated rings. The Morgan fingerprint density at radius 1 is 1.14 bits per heavy atom. The number of esters is 1. The first kappa shape index (κ1) is 24.8. The lowest BCUT2D eigenvalue weighted by atomic mass is 10.2. The average molecular weight is 523 g/mol. The minimum atomic E-state index is -0.767. The number of amides is 1. The Balaban J connectivity index is 1.33. The van der Waals surface area contributed by atoms with E-state index in [1.54, 1.807) is 12.1 Å². The highest BCUT2D eigenvalue weighted by atomic mass is 32.2. The third-order valence-corrected chi connectivity index (χ3v) is 6.87. The van der Waals surface area contributed by atoms with Crippen LogP contribution in [0.15, 0.2) is 76.2 Å². The summed E-state index contributed by atoms with van der Waals surface area (Å²) < 4.78 is 12.5. The zero-order chi connectivity index (χ0) is 25.5. The second-order valence-corrected chi connectivity index (χ2v) is 9.39. The number of nitro benzene ring substituents is 1. The van der Waals surface area contributed by atoms with E-state index in [4.69, 9.17) is 9.47 Å². The lowest BCUT2D eigenvalue weighted by Gasteiger charge is -2.10. The van der Waals surface area contributed by atoms with Crippen molar-refractivity contribution in [1.29, 1.82) is 0 Å². The molecule has 4 aromatic rings. The van der Waals surface area contributed by atoms with Gasteiger partial charge in [-0.1, -0.05) is 30.0 Å². The van der Waals surface area contributed by atoms with Gasteiger partial charge >= 0.3 is 5.97 Å². The van der Waals surface area contributed by atoms with E-state index in [0.29, 0.717) is 5.56 Å². The van der Waals surface area contributed by atoms with Crippen LogP contribution in [0.25, 0.3) is 10.2 Å². The van der Waals surface area contributed by atoms with Crippen LogP contribution in [-0.2, 0) is 4.79 Å². The van der Waals surface area contributed by atoms with Gasteiger partial charge in [0.1, 0.15) is 0 Å². The fraction of sp³-hybridized carbons (Fsp3) is 0.0833. The van der Waals surface area contributed by atoms with E-state index in [1.807, 2.05) is 24.3 Å². The molecule has 0 unspecified atom stereocenters. The number of nitrogens with one attached hydrogen (secondary N) is 1. The summed E-state index contributed by atoms with van der Waals surface area (Å²) in [7, 11) is 1.40. The number of non-ortho nitro benzene ring substituents is 1. The van der Waals surface area contributed by atoms with Gasteiger partial charge in [-0.3, -0.25) is 14.9 Å². The number of fused-ring (bicyclic) bond motifs is 1. The Labute approximate surface area is 213 Å². The summed E-state index contributed by atoms with van der Waals surface area (Å²) in [5.74, 6) is -0.522. The summed E-state index contributed by atoms with van der Waals surface area (Å²) in [5, 5.41) is 14.9. The summed E-state index contributed by atoms with van der Waals surface area (Å²) in [5.41, 5.74) is 3.76. The lowest BCUT2D eigenvalue weighted by Crippen LogP contribution is -2.19. The topological polar surface area (TPSA) is 133 Å². The van der Waals surface area contributed by atoms with Crippen LogP contribution in [0.4, 0.5) is 5.69 Å². The average Bonchev–Trinajstić information content (AvgIpc) is 3.31. The van der Waals surface area contributed by atoms with E-state index < -0.39 is 10.9 Å². The summed E-state index contributed by atoms with van der Waals surface area (Å²) in [6, 6.07) is 17.7. The third kappa shape index (κ3) is 6.23. The Kier molecular flexibility index (Phi) is 7.88. The van der Waals surface area contributed by atoms with Crippen LogP contribution in [0.5, 0.6) is 11.5 Å². The SMILES string of the molecule is COc1cc(C=NNC(=O)CSc2nc3ccccc3s2)ccc1OC(=O)c1cccc([N+](=O)[O-])c1. The molecule has 12 heteroatoms. The zero-order valence-corrected chi connectivity index (χ0v) is 20.4. The maximum atomic E-state index is 12.4. The van der Waals surface area contributed by atoms with Gasteiger partial charge in [0, 0.05) is 12.1 Å². The molecule has 0 saturated heterocycles. The van der Waals surface area contributed by atoms with Crippen molar-refractivity contribution in [2.45, 2.75) is 4.34 Å². The predicted molar refractivity (Wildman–Crippen MR) is 137 cm³/mol. The monoisotopic (exact) mass is 522 g/mol. The highest BCUT2D eigenvalue weighted by Gasteiger charge is 2.16. The number of hydrazone groups is 1. The molecule has 0 aliphatic rings. The molecular formula is C24H18N4O6S2. The zero-order valence-electron chi connectivity index (χ0n) is 18.7. The summed E-state index contributed by atoms with van der Waals surface area (Å²) in [6.07, 6.45) is 1.43. The molecule has 0 aliphatic carbocycles. The number of benzene rings is 3. The molecule has 1 heterocycles. The lowest BCUT2D eigenvalue weighted by molar-refractivity contribution is -0.384. The van der Waals surface area contributed by atoms with Crippen LogP contribution in [0.3, 0.4) is 0 Å². The van der Waals surface area contributed by atoms with Gasteiger partial charge < -0.3 is 9.47 Å². The number of carbonyl (C=O) groups excluding carboxylic acids is 2. The minimum absolute atomic E-state index is 0.0309. The Hall–Kier alpha value is -4.29. The normalized spacial score (nSPS) is 10.9. The van der Waals surface area contributed by atoms with Gasteiger partial charge in [-0.2, -0.15) is 5.10 Å². The van der Waals surface area contributed by atoms with Gasteiger partial charge in [0.05, 0.1) is 39.8 Å². The van der Waals surface area contributed by atoms with Gasteiger partial charge in [0.15, 0.2) is 15.8 Å².